The lowest BCUT2D eigenvalue weighted by atomic mass is 9.92. The summed E-state index contributed by atoms with van der Waals surface area (Å²) in [7, 11) is 1.90. The van der Waals surface area contributed by atoms with Crippen LogP contribution in [0.2, 0.25) is 0 Å². The molecule has 140 valence electrons. The number of halogens is 2. The third kappa shape index (κ3) is 3.44. The summed E-state index contributed by atoms with van der Waals surface area (Å²) in [5.41, 5.74) is 2.75. The van der Waals surface area contributed by atoms with Crippen molar-refractivity contribution in [2.75, 3.05) is 5.88 Å². The molecule has 0 fully saturated rings. The Morgan fingerprint density at radius 1 is 1.33 bits per heavy atom. The van der Waals surface area contributed by atoms with E-state index in [1.807, 2.05) is 42.2 Å². The van der Waals surface area contributed by atoms with Crippen molar-refractivity contribution in [1.82, 2.24) is 14.7 Å². The van der Waals surface area contributed by atoms with Gasteiger partial charge in [0.2, 0.25) is 5.91 Å². The van der Waals surface area contributed by atoms with Gasteiger partial charge in [0.25, 0.3) is 0 Å². The van der Waals surface area contributed by atoms with Gasteiger partial charge in [-0.05, 0) is 23.8 Å². The number of amides is 1. The van der Waals surface area contributed by atoms with Crippen LogP contribution >= 0.6 is 11.6 Å². The largest absolute Gasteiger partial charge is 0.334 e. The van der Waals surface area contributed by atoms with Gasteiger partial charge < -0.3 is 4.90 Å². The van der Waals surface area contributed by atoms with Crippen molar-refractivity contribution in [3.8, 4) is 0 Å². The highest BCUT2D eigenvalue weighted by Crippen LogP contribution is 2.27. The van der Waals surface area contributed by atoms with E-state index in [-0.39, 0.29) is 30.2 Å². The van der Waals surface area contributed by atoms with Gasteiger partial charge >= 0.3 is 0 Å². The lowest BCUT2D eigenvalue weighted by molar-refractivity contribution is -0.131. The van der Waals surface area contributed by atoms with E-state index in [4.69, 9.17) is 11.6 Å². The Kier molecular flexibility index (Phi) is 4.87. The van der Waals surface area contributed by atoms with Crippen LogP contribution in [0.4, 0.5) is 4.39 Å². The molecule has 1 amide bonds. The van der Waals surface area contributed by atoms with Crippen LogP contribution in [0.25, 0.3) is 10.8 Å². The lowest BCUT2D eigenvalue weighted by Gasteiger charge is -2.34. The highest BCUT2D eigenvalue weighted by molar-refractivity contribution is 6.27. The van der Waals surface area contributed by atoms with E-state index in [1.54, 1.807) is 17.0 Å². The number of carbonyl (C=O) groups is 1. The first-order chi connectivity index (χ1) is 13.1. The topological polar surface area (TPSA) is 38.1 Å². The molecule has 4 rings (SSSR count). The molecule has 1 atom stereocenters. The Morgan fingerprint density at radius 3 is 2.96 bits per heavy atom. The van der Waals surface area contributed by atoms with Crippen LogP contribution in [0.3, 0.4) is 0 Å². The average molecular weight is 386 g/mol. The summed E-state index contributed by atoms with van der Waals surface area (Å²) < 4.78 is 16.8. The minimum Gasteiger partial charge on any atom is -0.334 e. The molecular weight excluding hydrogens is 365 g/mol. The van der Waals surface area contributed by atoms with Gasteiger partial charge in [-0.25, -0.2) is 4.39 Å². The molecule has 0 spiro atoms. The van der Waals surface area contributed by atoms with Gasteiger partial charge in [-0.1, -0.05) is 36.4 Å². The molecule has 1 aliphatic carbocycles. The fourth-order valence-electron chi connectivity index (χ4n) is 3.96. The van der Waals surface area contributed by atoms with Crippen LogP contribution in [0.15, 0.2) is 42.6 Å². The molecule has 1 unspecified atom stereocenters. The number of aryl methyl sites for hydroxylation is 2. The molecule has 0 N–H and O–H groups in total. The van der Waals surface area contributed by atoms with E-state index in [9.17, 15) is 4.79 Å². The zero-order chi connectivity index (χ0) is 19.0. The third-order valence-electron chi connectivity index (χ3n) is 5.33. The number of hydrogen-bond donors (Lipinski definition) is 0. The molecule has 2 aromatic carbocycles. The van der Waals surface area contributed by atoms with Crippen molar-refractivity contribution < 1.29 is 9.18 Å². The predicted octanol–water partition coefficient (Wildman–Crippen LogP) is 3.84. The number of carbonyl (C=O) groups excluding carboxylic acids is 1. The highest BCUT2D eigenvalue weighted by Gasteiger charge is 2.29. The molecule has 0 radical (unpaired) electrons. The van der Waals surface area contributed by atoms with Gasteiger partial charge in [0, 0.05) is 43.2 Å². The maximum Gasteiger partial charge on any atom is 0.238 e. The van der Waals surface area contributed by atoms with Gasteiger partial charge in [0.15, 0.2) is 0 Å². The highest BCUT2D eigenvalue weighted by atomic mass is 35.5. The second-order valence-electron chi connectivity index (χ2n) is 7.09. The molecule has 0 saturated heterocycles. The summed E-state index contributed by atoms with van der Waals surface area (Å²) in [5.74, 6) is -0.552. The number of nitrogens with zero attached hydrogens (tertiary/aromatic N) is 3. The molecule has 27 heavy (non-hydrogen) atoms. The molecule has 6 heteroatoms. The van der Waals surface area contributed by atoms with Crippen LogP contribution in [0, 0.1) is 5.82 Å². The van der Waals surface area contributed by atoms with Crippen molar-refractivity contribution in [3.05, 3.63) is 65.2 Å². The van der Waals surface area contributed by atoms with Crippen molar-refractivity contribution >= 4 is 28.3 Å². The van der Waals surface area contributed by atoms with E-state index in [0.717, 1.165) is 23.9 Å². The molecule has 1 heterocycles. The standard InChI is InChI=1S/C21H21ClFN3O/c1-25-12-15-8-9-17(10-19(15)24-25)26(20(27)11-22)13-16-7-6-14-4-2-3-5-18(14)21(16)23/h2-7,12,17H,8-11,13H2,1H3. The molecule has 4 nitrogen and oxygen atoms in total. The second-order valence-corrected chi connectivity index (χ2v) is 7.35. The number of aromatic nitrogens is 2. The molecular formula is C21H21ClFN3O. The smallest absolute Gasteiger partial charge is 0.238 e. The van der Waals surface area contributed by atoms with Gasteiger partial charge in [-0.2, -0.15) is 5.10 Å². The average Bonchev–Trinajstić information content (AvgIpc) is 3.06. The number of hydrogen-bond acceptors (Lipinski definition) is 2. The van der Waals surface area contributed by atoms with E-state index >= 15 is 4.39 Å². The monoisotopic (exact) mass is 385 g/mol. The van der Waals surface area contributed by atoms with Gasteiger partial charge in [-0.15, -0.1) is 11.6 Å². The lowest BCUT2D eigenvalue weighted by Crippen LogP contribution is -2.43. The zero-order valence-electron chi connectivity index (χ0n) is 15.2. The molecule has 3 aromatic rings. The second kappa shape index (κ2) is 7.31. The first-order valence-electron chi connectivity index (χ1n) is 9.09. The Balaban J connectivity index is 1.64. The van der Waals surface area contributed by atoms with Crippen molar-refractivity contribution in [3.63, 3.8) is 0 Å². The van der Waals surface area contributed by atoms with Crippen molar-refractivity contribution in [1.29, 1.82) is 0 Å². The van der Waals surface area contributed by atoms with Gasteiger partial charge in [-0.3, -0.25) is 9.48 Å². The number of benzene rings is 2. The summed E-state index contributed by atoms with van der Waals surface area (Å²) in [6.45, 7) is 0.217. The summed E-state index contributed by atoms with van der Waals surface area (Å²) in [4.78, 5) is 14.3. The van der Waals surface area contributed by atoms with Crippen molar-refractivity contribution in [2.45, 2.75) is 31.8 Å². The normalized spacial score (nSPS) is 16.3. The van der Waals surface area contributed by atoms with Crippen molar-refractivity contribution in [2.24, 2.45) is 7.05 Å². The zero-order valence-corrected chi connectivity index (χ0v) is 15.9. The van der Waals surface area contributed by atoms with Gasteiger partial charge in [0.1, 0.15) is 11.7 Å². The summed E-state index contributed by atoms with van der Waals surface area (Å²) in [5, 5.41) is 5.93. The molecule has 1 aromatic heterocycles. The summed E-state index contributed by atoms with van der Waals surface area (Å²) in [6, 6.07) is 11.0. The third-order valence-corrected chi connectivity index (χ3v) is 5.56. The van der Waals surface area contributed by atoms with Crippen LogP contribution < -0.4 is 0 Å². The first kappa shape index (κ1) is 18.0. The molecule has 0 bridgehead atoms. The fourth-order valence-corrected chi connectivity index (χ4v) is 4.11. The van der Waals surface area contributed by atoms with E-state index < -0.39 is 0 Å². The molecule has 0 saturated carbocycles. The number of rotatable bonds is 4. The van der Waals surface area contributed by atoms with E-state index in [1.165, 1.54) is 5.56 Å². The first-order valence-corrected chi connectivity index (χ1v) is 9.63. The Hall–Kier alpha value is -2.40. The maximum absolute atomic E-state index is 15.0. The predicted molar refractivity (Wildman–Crippen MR) is 104 cm³/mol. The fraction of sp³-hybridized carbons (Fsp3) is 0.333. The summed E-state index contributed by atoms with van der Waals surface area (Å²) in [6.07, 6.45) is 4.40. The minimum absolute atomic E-state index is 0.0236. The minimum atomic E-state index is -0.269. The van der Waals surface area contributed by atoms with E-state index in [2.05, 4.69) is 5.10 Å². The van der Waals surface area contributed by atoms with E-state index in [0.29, 0.717) is 17.4 Å². The number of alkyl halides is 1. The van der Waals surface area contributed by atoms with Crippen LogP contribution in [0.1, 0.15) is 23.2 Å². The SMILES string of the molecule is Cn1cc2c(n1)CC(N(Cc1ccc3ccccc3c1F)C(=O)CCl)CC2. The van der Waals surface area contributed by atoms with Crippen LogP contribution in [-0.4, -0.2) is 32.5 Å². The number of fused-ring (bicyclic) bond motifs is 2. The van der Waals surface area contributed by atoms with Crippen LogP contribution in [0.5, 0.6) is 0 Å². The Morgan fingerprint density at radius 2 is 2.15 bits per heavy atom. The Labute approximate surface area is 162 Å². The van der Waals surface area contributed by atoms with Gasteiger partial charge in [0.05, 0.1) is 5.69 Å². The summed E-state index contributed by atoms with van der Waals surface area (Å²) >= 11 is 5.87. The quantitative estimate of drug-likeness (QED) is 0.640. The maximum atomic E-state index is 15.0. The Bertz CT molecular complexity index is 1000. The van der Waals surface area contributed by atoms with Crippen LogP contribution in [-0.2, 0) is 31.2 Å². The molecule has 0 aliphatic heterocycles. The molecule has 1 aliphatic rings.